The molecule has 0 unspecified atom stereocenters. The summed E-state index contributed by atoms with van der Waals surface area (Å²) >= 11 is 0. The maximum atomic E-state index is 14.7. The van der Waals surface area contributed by atoms with Gasteiger partial charge in [-0.3, -0.25) is 4.57 Å². The minimum absolute atomic E-state index is 0.197. The van der Waals surface area contributed by atoms with Gasteiger partial charge in [0.15, 0.2) is 5.85 Å². The van der Waals surface area contributed by atoms with Gasteiger partial charge in [-0.05, 0) is 67.3 Å². The van der Waals surface area contributed by atoms with Crippen LogP contribution in [0.25, 0.3) is 0 Å². The fourth-order valence-electron chi connectivity index (χ4n) is 6.04. The molecule has 0 saturated heterocycles. The third-order valence-electron chi connectivity index (χ3n) is 8.20. The summed E-state index contributed by atoms with van der Waals surface area (Å²) in [4.78, 5) is 0. The van der Waals surface area contributed by atoms with Gasteiger partial charge < -0.3 is 18.9 Å². The number of benzene rings is 1. The van der Waals surface area contributed by atoms with E-state index < -0.39 is 13.4 Å². The molecule has 0 amide bonds. The first-order valence-electron chi connectivity index (χ1n) is 13.3. The molecule has 0 aromatic heterocycles. The van der Waals surface area contributed by atoms with Crippen molar-refractivity contribution in [2.75, 3.05) is 7.11 Å². The van der Waals surface area contributed by atoms with Crippen molar-refractivity contribution < 1.29 is 23.5 Å². The van der Waals surface area contributed by atoms with Gasteiger partial charge in [0.1, 0.15) is 5.75 Å². The van der Waals surface area contributed by atoms with Crippen molar-refractivity contribution >= 4 is 7.60 Å². The number of para-hydroxylation sites is 1. The molecule has 2 fully saturated rings. The predicted molar refractivity (Wildman–Crippen MR) is 138 cm³/mol. The Kier molecular flexibility index (Phi) is 9.71. The van der Waals surface area contributed by atoms with Crippen LogP contribution in [0.5, 0.6) is 5.75 Å². The van der Waals surface area contributed by atoms with Gasteiger partial charge in [0.05, 0.1) is 19.3 Å². The van der Waals surface area contributed by atoms with Crippen molar-refractivity contribution in [2.45, 2.75) is 98.1 Å². The summed E-state index contributed by atoms with van der Waals surface area (Å²) in [6.07, 6.45) is 5.67. The second-order valence-electron chi connectivity index (χ2n) is 11.6. The first-order valence-corrected chi connectivity index (χ1v) is 14.9. The number of ether oxygens (including phenoxy) is 1. The van der Waals surface area contributed by atoms with Gasteiger partial charge in [0, 0.05) is 5.56 Å². The molecule has 0 spiro atoms. The lowest BCUT2D eigenvalue weighted by Crippen LogP contribution is -2.37. The highest BCUT2D eigenvalue weighted by atomic mass is 31.2. The topological polar surface area (TPSA) is 65.0 Å². The smallest absolute Gasteiger partial charge is 0.364 e. The van der Waals surface area contributed by atoms with Gasteiger partial charge in [0.2, 0.25) is 0 Å². The second-order valence-corrected chi connectivity index (χ2v) is 13.6. The van der Waals surface area contributed by atoms with E-state index in [1.807, 2.05) is 12.1 Å². The number of methoxy groups -OCH3 is 1. The maximum Gasteiger partial charge on any atom is 0.364 e. The van der Waals surface area contributed by atoms with Crippen molar-refractivity contribution in [1.82, 2.24) is 0 Å². The molecule has 2 aliphatic carbocycles. The lowest BCUT2D eigenvalue weighted by molar-refractivity contribution is -0.0155. The van der Waals surface area contributed by atoms with E-state index in [9.17, 15) is 9.67 Å². The second kappa shape index (κ2) is 11.9. The van der Waals surface area contributed by atoms with Crippen LogP contribution in [0.4, 0.5) is 0 Å². The molecular weight excluding hydrogens is 447 g/mol. The third-order valence-corrected chi connectivity index (χ3v) is 10.2. The Morgan fingerprint density at radius 2 is 1.32 bits per heavy atom. The van der Waals surface area contributed by atoms with E-state index in [0.29, 0.717) is 46.8 Å². The molecule has 0 aliphatic heterocycles. The summed E-state index contributed by atoms with van der Waals surface area (Å²) in [5, 5.41) is 11.6. The van der Waals surface area contributed by atoms with Crippen LogP contribution >= 0.6 is 7.60 Å². The minimum Gasteiger partial charge on any atom is -0.496 e. The summed E-state index contributed by atoms with van der Waals surface area (Å²) in [7, 11) is -2.38. The highest BCUT2D eigenvalue weighted by Gasteiger charge is 2.47. The van der Waals surface area contributed by atoms with Crippen molar-refractivity contribution in [3.63, 3.8) is 0 Å². The van der Waals surface area contributed by atoms with Crippen LogP contribution < -0.4 is 4.74 Å². The summed E-state index contributed by atoms with van der Waals surface area (Å²) < 4.78 is 33.3. The monoisotopic (exact) mass is 494 g/mol. The van der Waals surface area contributed by atoms with Gasteiger partial charge in [-0.2, -0.15) is 0 Å². The van der Waals surface area contributed by atoms with E-state index in [4.69, 9.17) is 13.8 Å². The van der Waals surface area contributed by atoms with Crippen LogP contribution in [0.15, 0.2) is 24.3 Å². The van der Waals surface area contributed by atoms with Crippen LogP contribution in [0, 0.1) is 35.5 Å². The predicted octanol–water partition coefficient (Wildman–Crippen LogP) is 7.83. The highest BCUT2D eigenvalue weighted by Crippen LogP contribution is 2.65. The number of hydrogen-bond donors (Lipinski definition) is 1. The molecule has 1 aromatic carbocycles. The molecule has 7 atom stereocenters. The molecule has 3 rings (SSSR count). The van der Waals surface area contributed by atoms with E-state index in [-0.39, 0.29) is 12.2 Å². The molecule has 2 saturated carbocycles. The summed E-state index contributed by atoms with van der Waals surface area (Å²) in [5.41, 5.74) is 0.461. The van der Waals surface area contributed by atoms with E-state index in [1.54, 1.807) is 19.2 Å². The quantitative estimate of drug-likeness (QED) is 0.354. The fraction of sp³-hybridized carbons (Fsp3) is 0.786. The standard InChI is InChI=1S/C28H47O5P/c1-18(2)22-14-12-20(5)16-26(22)32-34(30,28(29)24-10-8-9-11-25(24)31-7)33-27-17-21(6)13-15-23(27)19(3)4/h8-11,18-23,26-29H,12-17H2,1-7H3/t20-,21-,22-,23-,26-,27-,28-/m1/s1. The van der Waals surface area contributed by atoms with Crippen LogP contribution in [-0.2, 0) is 13.6 Å². The van der Waals surface area contributed by atoms with Crippen LogP contribution in [0.3, 0.4) is 0 Å². The van der Waals surface area contributed by atoms with Gasteiger partial charge in [0.25, 0.3) is 0 Å². The normalized spacial score (nSPS) is 31.6. The first-order chi connectivity index (χ1) is 16.1. The van der Waals surface area contributed by atoms with Gasteiger partial charge in [-0.25, -0.2) is 0 Å². The van der Waals surface area contributed by atoms with Crippen LogP contribution in [-0.4, -0.2) is 24.4 Å². The number of aliphatic hydroxyl groups is 1. The Hall–Kier alpha value is -0.870. The summed E-state index contributed by atoms with van der Waals surface area (Å²) in [6.45, 7) is 13.3. The van der Waals surface area contributed by atoms with E-state index in [1.165, 1.54) is 0 Å². The van der Waals surface area contributed by atoms with E-state index in [2.05, 4.69) is 41.5 Å². The molecule has 5 nitrogen and oxygen atoms in total. The fourth-order valence-corrected chi connectivity index (χ4v) is 8.11. The molecule has 194 valence electrons. The van der Waals surface area contributed by atoms with E-state index >= 15 is 0 Å². The molecule has 2 aliphatic rings. The van der Waals surface area contributed by atoms with Gasteiger partial charge >= 0.3 is 7.60 Å². The zero-order chi connectivity index (χ0) is 25.0. The minimum atomic E-state index is -3.94. The molecular formula is C28H47O5P. The lowest BCUT2D eigenvalue weighted by atomic mass is 9.75. The molecule has 1 aromatic rings. The Labute approximate surface area is 207 Å². The lowest BCUT2D eigenvalue weighted by Gasteiger charge is -2.42. The molecule has 34 heavy (non-hydrogen) atoms. The SMILES string of the molecule is COc1ccccc1[C@H](O)P(=O)(O[C@@H]1C[C@H](C)CC[C@@H]1C(C)C)O[C@@H]1C[C@H](C)CC[C@@H]1C(C)C. The number of aliphatic hydroxyl groups excluding tert-OH is 1. The van der Waals surface area contributed by atoms with Gasteiger partial charge in [-0.15, -0.1) is 0 Å². The Morgan fingerprint density at radius 3 is 1.76 bits per heavy atom. The van der Waals surface area contributed by atoms with Crippen LogP contribution in [0.2, 0.25) is 0 Å². The summed E-state index contributed by atoms with van der Waals surface area (Å²) in [6, 6.07) is 7.21. The first kappa shape index (κ1) is 27.7. The Morgan fingerprint density at radius 1 is 0.853 bits per heavy atom. The molecule has 1 N–H and O–H groups in total. The number of hydrogen-bond acceptors (Lipinski definition) is 5. The summed E-state index contributed by atoms with van der Waals surface area (Å²) in [5.74, 6) is 1.51. The van der Waals surface area contributed by atoms with Crippen molar-refractivity contribution in [3.8, 4) is 5.75 Å². The van der Waals surface area contributed by atoms with Crippen LogP contribution in [0.1, 0.15) is 91.5 Å². The average molecular weight is 495 g/mol. The highest BCUT2D eigenvalue weighted by molar-refractivity contribution is 7.54. The Bertz CT molecular complexity index is 787. The van der Waals surface area contributed by atoms with Crippen molar-refractivity contribution in [3.05, 3.63) is 29.8 Å². The zero-order valence-corrected chi connectivity index (χ0v) is 23.2. The molecule has 0 radical (unpaired) electrons. The largest absolute Gasteiger partial charge is 0.496 e. The van der Waals surface area contributed by atoms with Crippen molar-refractivity contribution in [2.24, 2.45) is 35.5 Å². The molecule has 6 heteroatoms. The van der Waals surface area contributed by atoms with E-state index in [0.717, 1.165) is 38.5 Å². The van der Waals surface area contributed by atoms with Crippen molar-refractivity contribution in [1.29, 1.82) is 0 Å². The number of rotatable bonds is 9. The average Bonchev–Trinajstić information content (AvgIpc) is 2.78. The Balaban J connectivity index is 1.98. The maximum absolute atomic E-state index is 14.7. The zero-order valence-electron chi connectivity index (χ0n) is 22.3. The third kappa shape index (κ3) is 6.46. The molecule has 0 bridgehead atoms. The van der Waals surface area contributed by atoms with Gasteiger partial charge in [-0.1, -0.05) is 72.6 Å². The molecule has 0 heterocycles.